The summed E-state index contributed by atoms with van der Waals surface area (Å²) in [6.07, 6.45) is 2.68. The molecule has 0 radical (unpaired) electrons. The van der Waals surface area contributed by atoms with Crippen molar-refractivity contribution < 1.29 is 0 Å². The van der Waals surface area contributed by atoms with Gasteiger partial charge in [0.15, 0.2) is 0 Å². The summed E-state index contributed by atoms with van der Waals surface area (Å²) in [5.74, 6) is 0.827. The minimum absolute atomic E-state index is 0.688. The number of likely N-dealkylation sites (tertiary alicyclic amines) is 1. The highest BCUT2D eigenvalue weighted by Gasteiger charge is 2.33. The second kappa shape index (κ2) is 5.38. The Hall–Kier alpha value is -0.280. The summed E-state index contributed by atoms with van der Waals surface area (Å²) < 4.78 is 0. The van der Waals surface area contributed by atoms with E-state index < -0.39 is 0 Å². The molecule has 2 atom stereocenters. The van der Waals surface area contributed by atoms with Crippen LogP contribution in [0.2, 0.25) is 10.0 Å². The molecule has 2 unspecified atom stereocenters. The van der Waals surface area contributed by atoms with E-state index in [1.54, 1.807) is 6.07 Å². The molecule has 2 aliphatic rings. The monoisotopic (exact) mass is 284 g/mol. The van der Waals surface area contributed by atoms with E-state index in [1.807, 2.05) is 12.1 Å². The van der Waals surface area contributed by atoms with Gasteiger partial charge in [0, 0.05) is 35.7 Å². The molecule has 0 bridgehead atoms. The lowest BCUT2D eigenvalue weighted by molar-refractivity contribution is 0.312. The van der Waals surface area contributed by atoms with Gasteiger partial charge in [0.1, 0.15) is 0 Å². The van der Waals surface area contributed by atoms with Gasteiger partial charge in [0.2, 0.25) is 0 Å². The van der Waals surface area contributed by atoms with E-state index in [0.29, 0.717) is 6.04 Å². The van der Waals surface area contributed by atoms with Gasteiger partial charge in [-0.25, -0.2) is 0 Å². The summed E-state index contributed by atoms with van der Waals surface area (Å²) in [7, 11) is 0. The largest absolute Gasteiger partial charge is 0.312 e. The maximum atomic E-state index is 6.04. The number of nitrogens with one attached hydrogen (secondary N) is 1. The van der Waals surface area contributed by atoms with Gasteiger partial charge < -0.3 is 5.32 Å². The van der Waals surface area contributed by atoms with Crippen LogP contribution >= 0.6 is 23.2 Å². The Morgan fingerprint density at radius 2 is 1.94 bits per heavy atom. The third kappa shape index (κ3) is 2.83. The molecule has 2 saturated heterocycles. The van der Waals surface area contributed by atoms with E-state index in [9.17, 15) is 0 Å². The molecular formula is C14H18Cl2N2. The van der Waals surface area contributed by atoms with Crippen molar-refractivity contribution in [2.45, 2.75) is 25.4 Å². The Morgan fingerprint density at radius 3 is 2.67 bits per heavy atom. The molecule has 2 fully saturated rings. The zero-order valence-electron chi connectivity index (χ0n) is 10.3. The van der Waals surface area contributed by atoms with Crippen molar-refractivity contribution in [2.75, 3.05) is 19.6 Å². The molecule has 2 nitrogen and oxygen atoms in total. The Labute approximate surface area is 118 Å². The van der Waals surface area contributed by atoms with Gasteiger partial charge in [-0.1, -0.05) is 23.2 Å². The zero-order valence-corrected chi connectivity index (χ0v) is 11.8. The molecule has 0 aromatic heterocycles. The van der Waals surface area contributed by atoms with Crippen LogP contribution in [-0.2, 0) is 6.54 Å². The van der Waals surface area contributed by atoms with E-state index in [2.05, 4.69) is 10.2 Å². The lowest BCUT2D eigenvalue weighted by Crippen LogP contribution is -2.40. The molecule has 0 spiro atoms. The van der Waals surface area contributed by atoms with Crippen LogP contribution in [0.25, 0.3) is 0 Å². The molecule has 1 N–H and O–H groups in total. The van der Waals surface area contributed by atoms with Gasteiger partial charge in [-0.2, -0.15) is 0 Å². The molecule has 3 rings (SSSR count). The summed E-state index contributed by atoms with van der Waals surface area (Å²) in [6, 6.07) is 6.51. The fraction of sp³-hybridized carbons (Fsp3) is 0.571. The van der Waals surface area contributed by atoms with Gasteiger partial charge in [-0.3, -0.25) is 4.90 Å². The summed E-state index contributed by atoms with van der Waals surface area (Å²) in [6.45, 7) is 4.48. The van der Waals surface area contributed by atoms with Crippen molar-refractivity contribution in [3.8, 4) is 0 Å². The molecule has 0 amide bonds. The smallest absolute Gasteiger partial charge is 0.0424 e. The van der Waals surface area contributed by atoms with Crippen molar-refractivity contribution in [3.63, 3.8) is 0 Å². The minimum Gasteiger partial charge on any atom is -0.312 e. The van der Waals surface area contributed by atoms with Crippen LogP contribution in [-0.4, -0.2) is 30.6 Å². The molecule has 1 aromatic rings. The Bertz CT molecular complexity index is 402. The zero-order chi connectivity index (χ0) is 12.5. The third-order valence-electron chi connectivity index (χ3n) is 4.00. The van der Waals surface area contributed by atoms with Gasteiger partial charge in [0.25, 0.3) is 0 Å². The van der Waals surface area contributed by atoms with E-state index >= 15 is 0 Å². The first-order chi connectivity index (χ1) is 8.70. The van der Waals surface area contributed by atoms with Crippen LogP contribution in [0.1, 0.15) is 18.4 Å². The standard InChI is InChI=1S/C14H18Cl2N2/c15-12-4-10(5-13(16)6-12)7-18-8-11-2-1-3-17-14(11)9-18/h4-6,11,14,17H,1-3,7-9H2. The molecule has 2 heterocycles. The van der Waals surface area contributed by atoms with Crippen molar-refractivity contribution in [2.24, 2.45) is 5.92 Å². The Balaban J connectivity index is 1.66. The third-order valence-corrected chi connectivity index (χ3v) is 4.44. The first kappa shape index (κ1) is 12.7. The molecule has 1 aromatic carbocycles. The lowest BCUT2D eigenvalue weighted by atomic mass is 9.94. The van der Waals surface area contributed by atoms with E-state index in [0.717, 1.165) is 29.1 Å². The second-order valence-electron chi connectivity index (χ2n) is 5.43. The molecular weight excluding hydrogens is 267 g/mol. The first-order valence-electron chi connectivity index (χ1n) is 6.61. The summed E-state index contributed by atoms with van der Waals surface area (Å²) in [5.41, 5.74) is 1.21. The average Bonchev–Trinajstić information content (AvgIpc) is 2.69. The fourth-order valence-electron chi connectivity index (χ4n) is 3.23. The molecule has 98 valence electrons. The molecule has 2 aliphatic heterocycles. The van der Waals surface area contributed by atoms with Gasteiger partial charge >= 0.3 is 0 Å². The van der Waals surface area contributed by atoms with Gasteiger partial charge in [-0.05, 0) is 49.1 Å². The van der Waals surface area contributed by atoms with Gasteiger partial charge in [-0.15, -0.1) is 0 Å². The normalized spacial score (nSPS) is 28.3. The molecule has 0 saturated carbocycles. The Morgan fingerprint density at radius 1 is 1.17 bits per heavy atom. The maximum absolute atomic E-state index is 6.04. The summed E-state index contributed by atoms with van der Waals surface area (Å²) >= 11 is 12.1. The predicted molar refractivity (Wildman–Crippen MR) is 76.3 cm³/mol. The van der Waals surface area contributed by atoms with Crippen molar-refractivity contribution in [3.05, 3.63) is 33.8 Å². The van der Waals surface area contributed by atoms with Crippen LogP contribution < -0.4 is 5.32 Å². The number of rotatable bonds is 2. The summed E-state index contributed by atoms with van der Waals surface area (Å²) in [4.78, 5) is 2.51. The van der Waals surface area contributed by atoms with Gasteiger partial charge in [0.05, 0.1) is 0 Å². The fourth-order valence-corrected chi connectivity index (χ4v) is 3.80. The number of nitrogens with zero attached hydrogens (tertiary/aromatic N) is 1. The Kier molecular flexibility index (Phi) is 3.81. The van der Waals surface area contributed by atoms with Crippen LogP contribution in [0, 0.1) is 5.92 Å². The lowest BCUT2D eigenvalue weighted by Gasteiger charge is -2.24. The number of fused-ring (bicyclic) bond motifs is 1. The number of benzene rings is 1. The first-order valence-corrected chi connectivity index (χ1v) is 7.37. The maximum Gasteiger partial charge on any atom is 0.0424 e. The highest BCUT2D eigenvalue weighted by molar-refractivity contribution is 6.34. The van der Waals surface area contributed by atoms with Crippen LogP contribution in [0.4, 0.5) is 0 Å². The number of halogens is 2. The van der Waals surface area contributed by atoms with Crippen molar-refractivity contribution in [1.29, 1.82) is 0 Å². The number of piperidine rings is 1. The molecule has 0 aliphatic carbocycles. The van der Waals surface area contributed by atoms with Crippen molar-refractivity contribution >= 4 is 23.2 Å². The highest BCUT2D eigenvalue weighted by atomic mass is 35.5. The SMILES string of the molecule is Clc1cc(Cl)cc(CN2CC3CCCNC3C2)c1. The predicted octanol–water partition coefficient (Wildman–Crippen LogP) is 3.18. The summed E-state index contributed by atoms with van der Waals surface area (Å²) in [5, 5.41) is 5.08. The van der Waals surface area contributed by atoms with E-state index in [1.165, 1.54) is 31.5 Å². The van der Waals surface area contributed by atoms with Crippen LogP contribution in [0.15, 0.2) is 18.2 Å². The quantitative estimate of drug-likeness (QED) is 0.898. The van der Waals surface area contributed by atoms with E-state index in [-0.39, 0.29) is 0 Å². The minimum atomic E-state index is 0.688. The molecule has 18 heavy (non-hydrogen) atoms. The highest BCUT2D eigenvalue weighted by Crippen LogP contribution is 2.27. The van der Waals surface area contributed by atoms with E-state index in [4.69, 9.17) is 23.2 Å². The molecule has 4 heteroatoms. The van der Waals surface area contributed by atoms with Crippen molar-refractivity contribution in [1.82, 2.24) is 10.2 Å². The second-order valence-corrected chi connectivity index (χ2v) is 6.31. The number of hydrogen-bond donors (Lipinski definition) is 1. The number of hydrogen-bond acceptors (Lipinski definition) is 2. The van der Waals surface area contributed by atoms with Crippen LogP contribution in [0.3, 0.4) is 0 Å². The average molecular weight is 285 g/mol. The topological polar surface area (TPSA) is 15.3 Å². The van der Waals surface area contributed by atoms with Crippen LogP contribution in [0.5, 0.6) is 0 Å².